The van der Waals surface area contributed by atoms with Gasteiger partial charge in [0.05, 0.1) is 19.8 Å². The summed E-state index contributed by atoms with van der Waals surface area (Å²) in [6.45, 7) is 0.394. The van der Waals surface area contributed by atoms with E-state index in [1.807, 2.05) is 30.3 Å². The number of benzene rings is 1. The summed E-state index contributed by atoms with van der Waals surface area (Å²) in [6.07, 6.45) is 0. The van der Waals surface area contributed by atoms with Crippen LogP contribution in [0.3, 0.4) is 0 Å². The van der Waals surface area contributed by atoms with E-state index in [9.17, 15) is 14.4 Å². The van der Waals surface area contributed by atoms with Gasteiger partial charge in [-0.2, -0.15) is 4.98 Å². The van der Waals surface area contributed by atoms with Gasteiger partial charge >= 0.3 is 11.9 Å². The van der Waals surface area contributed by atoms with E-state index < -0.39 is 11.9 Å². The number of carbonyl (C=O) groups excluding carboxylic acids is 2. The summed E-state index contributed by atoms with van der Waals surface area (Å²) in [6, 6.07) is 15.4. The molecular formula is C21H22N4O6. The van der Waals surface area contributed by atoms with Gasteiger partial charge in [-0.15, -0.1) is 0 Å². The van der Waals surface area contributed by atoms with Gasteiger partial charge in [-0.25, -0.2) is 9.59 Å². The molecule has 0 aliphatic carbocycles. The van der Waals surface area contributed by atoms with Gasteiger partial charge in [0.2, 0.25) is 11.4 Å². The first-order valence-corrected chi connectivity index (χ1v) is 8.94. The van der Waals surface area contributed by atoms with Crippen LogP contribution in [0.2, 0.25) is 0 Å². The number of hydrogen-bond donors (Lipinski definition) is 3. The lowest BCUT2D eigenvalue weighted by Gasteiger charge is -2.07. The fourth-order valence-corrected chi connectivity index (χ4v) is 2.33. The van der Waals surface area contributed by atoms with Gasteiger partial charge in [0.25, 0.3) is 0 Å². The van der Waals surface area contributed by atoms with Crippen molar-refractivity contribution in [2.45, 2.75) is 6.61 Å². The Labute approximate surface area is 177 Å². The van der Waals surface area contributed by atoms with E-state index in [4.69, 9.17) is 16.2 Å². The third-order valence-electron chi connectivity index (χ3n) is 3.89. The van der Waals surface area contributed by atoms with Gasteiger partial charge in [-0.05, 0) is 17.7 Å². The van der Waals surface area contributed by atoms with Crippen LogP contribution in [-0.2, 0) is 16.1 Å². The zero-order valence-electron chi connectivity index (χ0n) is 17.0. The first kappa shape index (κ1) is 22.9. The summed E-state index contributed by atoms with van der Waals surface area (Å²) in [5.74, 6) is -0.593. The van der Waals surface area contributed by atoms with Gasteiger partial charge in [0.15, 0.2) is 0 Å². The monoisotopic (exact) mass is 426 g/mol. The summed E-state index contributed by atoms with van der Waals surface area (Å²) >= 11 is 0. The zero-order chi connectivity index (χ0) is 22.8. The zero-order valence-corrected chi connectivity index (χ0v) is 17.0. The highest BCUT2D eigenvalue weighted by atomic mass is 16.5. The second-order valence-corrected chi connectivity index (χ2v) is 5.99. The van der Waals surface area contributed by atoms with Gasteiger partial charge in [-0.3, -0.25) is 4.79 Å². The van der Waals surface area contributed by atoms with Crippen LogP contribution < -0.4 is 21.8 Å². The molecule has 0 radical (unpaired) electrons. The number of aromatic amines is 1. The lowest BCUT2D eigenvalue weighted by Crippen LogP contribution is -2.13. The number of anilines is 2. The Morgan fingerprint density at radius 2 is 1.52 bits per heavy atom. The number of esters is 2. The molecule has 10 nitrogen and oxygen atoms in total. The van der Waals surface area contributed by atoms with Crippen molar-refractivity contribution < 1.29 is 23.8 Å². The van der Waals surface area contributed by atoms with E-state index >= 15 is 0 Å². The number of nitrogen functional groups attached to an aromatic ring is 2. The number of pyridine rings is 2. The molecule has 0 bridgehead atoms. The van der Waals surface area contributed by atoms with E-state index in [0.717, 1.165) is 5.56 Å². The number of hydrogen-bond acceptors (Lipinski definition) is 9. The van der Waals surface area contributed by atoms with E-state index in [1.54, 1.807) is 6.07 Å². The van der Waals surface area contributed by atoms with E-state index in [2.05, 4.69) is 19.4 Å². The lowest BCUT2D eigenvalue weighted by atomic mass is 10.2. The van der Waals surface area contributed by atoms with E-state index in [-0.39, 0.29) is 28.3 Å². The topological polar surface area (TPSA) is 160 Å². The third kappa shape index (κ3) is 6.60. The minimum atomic E-state index is -0.566. The van der Waals surface area contributed by atoms with Crippen molar-refractivity contribution in [3.05, 3.63) is 81.6 Å². The summed E-state index contributed by atoms with van der Waals surface area (Å²) in [5.41, 5.74) is 12.1. The van der Waals surface area contributed by atoms with Crippen LogP contribution in [0.1, 0.15) is 26.3 Å². The lowest BCUT2D eigenvalue weighted by molar-refractivity contribution is 0.0592. The molecule has 0 fully saturated rings. The van der Waals surface area contributed by atoms with Gasteiger partial charge < -0.3 is 30.7 Å². The molecule has 2 aromatic heterocycles. The van der Waals surface area contributed by atoms with Crippen molar-refractivity contribution in [3.8, 4) is 5.88 Å². The average Bonchev–Trinajstić information content (AvgIpc) is 2.78. The number of aromatic nitrogens is 2. The maximum Gasteiger partial charge on any atom is 0.341 e. The Hall–Kier alpha value is -4.34. The molecule has 0 saturated carbocycles. The van der Waals surface area contributed by atoms with E-state index in [0.29, 0.717) is 12.5 Å². The predicted molar refractivity (Wildman–Crippen MR) is 114 cm³/mol. The Balaban J connectivity index is 0.000000245. The van der Waals surface area contributed by atoms with Crippen molar-refractivity contribution in [2.24, 2.45) is 0 Å². The van der Waals surface area contributed by atoms with Gasteiger partial charge in [0, 0.05) is 12.1 Å². The average molecular weight is 426 g/mol. The molecule has 0 atom stereocenters. The number of nitrogens with one attached hydrogen (secondary N) is 1. The fraction of sp³-hybridized carbons (Fsp3) is 0.143. The van der Waals surface area contributed by atoms with Crippen molar-refractivity contribution in [1.29, 1.82) is 0 Å². The van der Waals surface area contributed by atoms with Crippen LogP contribution >= 0.6 is 0 Å². The molecule has 1 aromatic carbocycles. The molecule has 162 valence electrons. The normalized spacial score (nSPS) is 9.74. The molecule has 0 aliphatic rings. The van der Waals surface area contributed by atoms with Crippen molar-refractivity contribution in [2.75, 3.05) is 25.7 Å². The standard InChI is InChI=1S/C14H14N2O3.C7H8N2O3/c1-18-14(17)11-7-8-12(16-13(11)15)19-9-10-5-3-2-4-6-10;1-12-7(11)4-2-3-5(10)9-6(4)8/h2-8H,9H2,1H3,(H2,15,16);2-3H,1H3,(H3,8,9,10). The highest BCUT2D eigenvalue weighted by Crippen LogP contribution is 2.17. The Kier molecular flexibility index (Phi) is 8.14. The Morgan fingerprint density at radius 1 is 0.903 bits per heavy atom. The number of rotatable bonds is 5. The summed E-state index contributed by atoms with van der Waals surface area (Å²) < 4.78 is 14.5. The highest BCUT2D eigenvalue weighted by Gasteiger charge is 2.12. The molecule has 5 N–H and O–H groups in total. The van der Waals surface area contributed by atoms with Gasteiger partial charge in [0.1, 0.15) is 23.8 Å². The van der Waals surface area contributed by atoms with Crippen molar-refractivity contribution in [3.63, 3.8) is 0 Å². The minimum Gasteiger partial charge on any atom is -0.473 e. The number of methoxy groups -OCH3 is 2. The number of ether oxygens (including phenoxy) is 3. The van der Waals surface area contributed by atoms with Crippen LogP contribution in [0.4, 0.5) is 11.6 Å². The number of carbonyl (C=O) groups is 2. The van der Waals surface area contributed by atoms with Crippen molar-refractivity contribution >= 4 is 23.6 Å². The molecule has 2 heterocycles. The molecule has 0 spiro atoms. The Morgan fingerprint density at radius 3 is 2.10 bits per heavy atom. The summed E-state index contributed by atoms with van der Waals surface area (Å²) in [5, 5.41) is 0. The molecular weight excluding hydrogens is 404 g/mol. The number of H-pyrrole nitrogens is 1. The van der Waals surface area contributed by atoms with E-state index in [1.165, 1.54) is 32.4 Å². The third-order valence-corrected chi connectivity index (χ3v) is 3.89. The van der Waals surface area contributed by atoms with Gasteiger partial charge in [-0.1, -0.05) is 30.3 Å². The second kappa shape index (κ2) is 11.0. The quantitative estimate of drug-likeness (QED) is 0.517. The van der Waals surface area contributed by atoms with Crippen molar-refractivity contribution in [1.82, 2.24) is 9.97 Å². The fourth-order valence-electron chi connectivity index (χ4n) is 2.33. The van der Waals surface area contributed by atoms with Crippen LogP contribution in [0.15, 0.2) is 59.4 Å². The first-order valence-electron chi connectivity index (χ1n) is 8.94. The molecule has 31 heavy (non-hydrogen) atoms. The number of nitrogens with zero attached hydrogens (tertiary/aromatic N) is 1. The molecule has 10 heteroatoms. The number of nitrogens with two attached hydrogens (primary N) is 2. The van der Waals surface area contributed by atoms with Crippen LogP contribution in [-0.4, -0.2) is 36.1 Å². The SMILES string of the molecule is COC(=O)c1ccc(=O)[nH]c1N.COC(=O)c1ccc(OCc2ccccc2)nc1N. The predicted octanol–water partition coefficient (Wildman–Crippen LogP) is 1.77. The van der Waals surface area contributed by atoms with Crippen LogP contribution in [0.5, 0.6) is 5.88 Å². The van der Waals surface area contributed by atoms with Crippen LogP contribution in [0.25, 0.3) is 0 Å². The first-order chi connectivity index (χ1) is 14.8. The molecule has 0 unspecified atom stereocenters. The highest BCUT2D eigenvalue weighted by molar-refractivity contribution is 5.94. The summed E-state index contributed by atoms with van der Waals surface area (Å²) in [4.78, 5) is 39.2. The molecule has 0 aliphatic heterocycles. The van der Waals surface area contributed by atoms with Crippen LogP contribution in [0, 0.1) is 0 Å². The smallest absolute Gasteiger partial charge is 0.341 e. The summed E-state index contributed by atoms with van der Waals surface area (Å²) in [7, 11) is 2.54. The maximum atomic E-state index is 11.3. The minimum absolute atomic E-state index is 0.0225. The molecule has 0 amide bonds. The Bertz CT molecular complexity index is 1100. The molecule has 0 saturated heterocycles. The largest absolute Gasteiger partial charge is 0.473 e. The second-order valence-electron chi connectivity index (χ2n) is 5.99. The molecule has 3 aromatic rings. The molecule has 3 rings (SSSR count). The maximum absolute atomic E-state index is 11.3.